The average Bonchev–Trinajstić information content (AvgIpc) is 2.85. The maximum absolute atomic E-state index is 13.2. The van der Waals surface area contributed by atoms with Gasteiger partial charge in [0.25, 0.3) is 0 Å². The van der Waals surface area contributed by atoms with E-state index in [1.54, 1.807) is 42.6 Å². The highest BCUT2D eigenvalue weighted by molar-refractivity contribution is 7.92. The first kappa shape index (κ1) is 28.0. The van der Waals surface area contributed by atoms with Crippen molar-refractivity contribution in [1.29, 1.82) is 0 Å². The summed E-state index contributed by atoms with van der Waals surface area (Å²) < 4.78 is 38.0. The van der Waals surface area contributed by atoms with Gasteiger partial charge in [-0.2, -0.15) is 0 Å². The number of ether oxygens (including phenoxy) is 2. The van der Waals surface area contributed by atoms with Crippen LogP contribution in [-0.2, 0) is 15.4 Å². The van der Waals surface area contributed by atoms with Crippen LogP contribution in [0.5, 0.6) is 17.2 Å². The molecule has 0 radical (unpaired) electrons. The lowest BCUT2D eigenvalue weighted by Gasteiger charge is -2.24. The van der Waals surface area contributed by atoms with Crippen LogP contribution in [0.2, 0.25) is 5.15 Å². The highest BCUT2D eigenvalue weighted by Gasteiger charge is 2.22. The minimum atomic E-state index is -3.60. The zero-order chi connectivity index (χ0) is 28.4. The number of nitrogens with zero attached hydrogens (tertiary/aromatic N) is 1. The summed E-state index contributed by atoms with van der Waals surface area (Å²) in [4.78, 5) is 17.2. The van der Waals surface area contributed by atoms with Crippen LogP contribution in [-0.4, -0.2) is 32.8 Å². The van der Waals surface area contributed by atoms with E-state index in [9.17, 15) is 13.2 Å². The van der Waals surface area contributed by atoms with Gasteiger partial charge in [-0.1, -0.05) is 56.6 Å². The van der Waals surface area contributed by atoms with E-state index in [4.69, 9.17) is 21.1 Å². The van der Waals surface area contributed by atoms with E-state index in [2.05, 4.69) is 20.3 Å². The molecule has 11 heteroatoms. The molecule has 39 heavy (non-hydrogen) atoms. The summed E-state index contributed by atoms with van der Waals surface area (Å²) in [5.41, 5.74) is 1.53. The molecule has 2 amide bonds. The molecule has 1 heterocycles. The van der Waals surface area contributed by atoms with Gasteiger partial charge in [0, 0.05) is 17.0 Å². The second-order valence-electron chi connectivity index (χ2n) is 9.86. The number of amides is 2. The van der Waals surface area contributed by atoms with E-state index in [0.29, 0.717) is 22.9 Å². The Kier molecular flexibility index (Phi) is 7.89. The molecule has 0 fully saturated rings. The second-order valence-corrected chi connectivity index (χ2v) is 12.0. The van der Waals surface area contributed by atoms with E-state index < -0.39 is 16.1 Å². The molecule has 0 spiro atoms. The van der Waals surface area contributed by atoms with Gasteiger partial charge in [0.2, 0.25) is 10.0 Å². The topological polar surface area (TPSA) is 119 Å². The van der Waals surface area contributed by atoms with Crippen molar-refractivity contribution in [3.8, 4) is 17.2 Å². The summed E-state index contributed by atoms with van der Waals surface area (Å²) in [7, 11) is -2.20. The van der Waals surface area contributed by atoms with Crippen molar-refractivity contribution in [2.24, 2.45) is 0 Å². The third-order valence-corrected chi connectivity index (χ3v) is 6.65. The number of carbonyl (C=O) groups is 1. The highest BCUT2D eigenvalue weighted by atomic mass is 35.5. The predicted molar refractivity (Wildman–Crippen MR) is 156 cm³/mol. The number of hydrogen-bond acceptors (Lipinski definition) is 6. The lowest BCUT2D eigenvalue weighted by atomic mass is 9.86. The minimum absolute atomic E-state index is 0.186. The number of methoxy groups -OCH3 is 1. The molecule has 4 rings (SSSR count). The fourth-order valence-electron chi connectivity index (χ4n) is 3.96. The lowest BCUT2D eigenvalue weighted by Crippen LogP contribution is -2.22. The summed E-state index contributed by atoms with van der Waals surface area (Å²) in [6, 6.07) is 17.3. The van der Waals surface area contributed by atoms with Crippen LogP contribution in [0.3, 0.4) is 0 Å². The van der Waals surface area contributed by atoms with E-state index in [1.807, 2.05) is 45.0 Å². The molecule has 0 aliphatic heterocycles. The first-order valence-electron chi connectivity index (χ1n) is 11.9. The summed E-state index contributed by atoms with van der Waals surface area (Å²) in [6.45, 7) is 5.95. The van der Waals surface area contributed by atoms with Crippen LogP contribution < -0.4 is 24.8 Å². The largest absolute Gasteiger partial charge is 0.492 e. The maximum Gasteiger partial charge on any atom is 0.323 e. The summed E-state index contributed by atoms with van der Waals surface area (Å²) >= 11 is 6.16. The summed E-state index contributed by atoms with van der Waals surface area (Å²) in [5, 5.41) is 7.41. The first-order chi connectivity index (χ1) is 18.4. The molecule has 1 aromatic heterocycles. The molecule has 3 aromatic carbocycles. The van der Waals surface area contributed by atoms with Gasteiger partial charge in [-0.25, -0.2) is 18.2 Å². The Morgan fingerprint density at radius 1 is 0.897 bits per heavy atom. The minimum Gasteiger partial charge on any atom is -0.492 e. The Morgan fingerprint density at radius 2 is 1.56 bits per heavy atom. The number of pyridine rings is 1. The van der Waals surface area contributed by atoms with Crippen molar-refractivity contribution < 1.29 is 22.7 Å². The number of sulfonamides is 1. The third kappa shape index (κ3) is 6.71. The molecule has 4 aromatic rings. The number of anilines is 3. The molecule has 0 aliphatic carbocycles. The third-order valence-electron chi connectivity index (χ3n) is 5.78. The molecule has 9 nitrogen and oxygen atoms in total. The van der Waals surface area contributed by atoms with Crippen LogP contribution >= 0.6 is 11.6 Å². The molecule has 3 N–H and O–H groups in total. The van der Waals surface area contributed by atoms with E-state index >= 15 is 0 Å². The monoisotopic (exact) mass is 568 g/mol. The predicted octanol–water partition coefficient (Wildman–Crippen LogP) is 7.00. The van der Waals surface area contributed by atoms with Crippen LogP contribution in [0.25, 0.3) is 10.8 Å². The van der Waals surface area contributed by atoms with Crippen molar-refractivity contribution >= 4 is 55.5 Å². The van der Waals surface area contributed by atoms with Crippen LogP contribution in [0, 0.1) is 0 Å². The number of carbonyl (C=O) groups excluding carboxylic acids is 1. The molecule has 204 valence electrons. The van der Waals surface area contributed by atoms with Crippen molar-refractivity contribution in [1.82, 2.24) is 4.98 Å². The van der Waals surface area contributed by atoms with Crippen molar-refractivity contribution in [2.45, 2.75) is 26.2 Å². The Bertz CT molecular complexity index is 1650. The summed E-state index contributed by atoms with van der Waals surface area (Å²) in [5.74, 6) is 1.14. The smallest absolute Gasteiger partial charge is 0.323 e. The van der Waals surface area contributed by atoms with Gasteiger partial charge in [0.1, 0.15) is 5.75 Å². The number of aromatic nitrogens is 1. The Morgan fingerprint density at radius 3 is 2.21 bits per heavy atom. The zero-order valence-corrected chi connectivity index (χ0v) is 23.7. The molecular formula is C28H29ClN4O5S. The van der Waals surface area contributed by atoms with E-state index in [1.165, 1.54) is 7.11 Å². The molecule has 0 saturated carbocycles. The number of halogens is 1. The standard InChI is InChI=1S/C28H29ClN4O5S/c1-28(2,3)17-15-21(25(37-4)22(16-17)33-39(5,35)36)32-27(34)31-20-12-13-23(19-10-7-6-9-18(19)20)38-24-11-8-14-30-26(24)29/h6-16,33H,1-5H3,(H2,31,32,34). The van der Waals surface area contributed by atoms with Gasteiger partial charge in [-0.3, -0.25) is 4.72 Å². The Labute approximate surface area is 232 Å². The Balaban J connectivity index is 1.67. The van der Waals surface area contributed by atoms with Gasteiger partial charge in [0.05, 0.1) is 30.4 Å². The summed E-state index contributed by atoms with van der Waals surface area (Å²) in [6.07, 6.45) is 2.63. The van der Waals surface area contributed by atoms with E-state index in [-0.39, 0.29) is 22.0 Å². The van der Waals surface area contributed by atoms with Gasteiger partial charge < -0.3 is 20.1 Å². The van der Waals surface area contributed by atoms with Gasteiger partial charge in [0.15, 0.2) is 16.7 Å². The normalized spacial score (nSPS) is 11.6. The number of benzene rings is 3. The van der Waals surface area contributed by atoms with Crippen LogP contribution in [0.4, 0.5) is 21.9 Å². The number of urea groups is 1. The fraction of sp³-hybridized carbons (Fsp3) is 0.214. The van der Waals surface area contributed by atoms with Crippen molar-refractivity contribution in [3.05, 3.63) is 77.6 Å². The maximum atomic E-state index is 13.2. The van der Waals surface area contributed by atoms with Crippen molar-refractivity contribution in [2.75, 3.05) is 28.7 Å². The van der Waals surface area contributed by atoms with E-state index in [0.717, 1.165) is 22.6 Å². The Hall–Kier alpha value is -4.02. The zero-order valence-electron chi connectivity index (χ0n) is 22.1. The molecular weight excluding hydrogens is 540 g/mol. The first-order valence-corrected chi connectivity index (χ1v) is 14.2. The van der Waals surface area contributed by atoms with Crippen molar-refractivity contribution in [3.63, 3.8) is 0 Å². The van der Waals surface area contributed by atoms with Gasteiger partial charge in [-0.15, -0.1) is 0 Å². The SMILES string of the molecule is COc1c(NC(=O)Nc2ccc(Oc3cccnc3Cl)c3ccccc23)cc(C(C)(C)C)cc1NS(C)(=O)=O. The fourth-order valence-corrected chi connectivity index (χ4v) is 4.67. The molecule has 0 atom stereocenters. The highest BCUT2D eigenvalue weighted by Crippen LogP contribution is 2.40. The lowest BCUT2D eigenvalue weighted by molar-refractivity contribution is 0.262. The number of rotatable bonds is 7. The molecule has 0 bridgehead atoms. The molecule has 0 aliphatic rings. The quantitative estimate of drug-likeness (QED) is 0.206. The number of fused-ring (bicyclic) bond motifs is 1. The van der Waals surface area contributed by atoms with Crippen LogP contribution in [0.15, 0.2) is 66.9 Å². The second kappa shape index (κ2) is 11.0. The van der Waals surface area contributed by atoms with Gasteiger partial charge >= 0.3 is 6.03 Å². The number of nitrogens with one attached hydrogen (secondary N) is 3. The molecule has 0 unspecified atom stereocenters. The van der Waals surface area contributed by atoms with Crippen LogP contribution in [0.1, 0.15) is 26.3 Å². The number of hydrogen-bond donors (Lipinski definition) is 3. The average molecular weight is 569 g/mol. The molecule has 0 saturated heterocycles. The van der Waals surface area contributed by atoms with Gasteiger partial charge in [-0.05, 0) is 47.4 Å².